The van der Waals surface area contributed by atoms with Crippen LogP contribution in [-0.4, -0.2) is 20.9 Å². The average molecular weight is 491 g/mol. The van der Waals surface area contributed by atoms with Crippen LogP contribution in [0, 0.1) is 12.7 Å². The Labute approximate surface area is 183 Å². The SMILES string of the molecule is CCN(c1cccc(C)c1)S(=O)(=O)c1cc(C(=O)Nc2ccc(Br)cc2)ccc1F. The molecular formula is C22H20BrFN2O3S. The summed E-state index contributed by atoms with van der Waals surface area (Å²) in [6.07, 6.45) is 0. The Morgan fingerprint density at radius 2 is 1.77 bits per heavy atom. The molecule has 0 spiro atoms. The lowest BCUT2D eigenvalue weighted by Gasteiger charge is -2.23. The molecule has 0 aliphatic heterocycles. The Kier molecular flexibility index (Phi) is 6.58. The number of sulfonamides is 1. The van der Waals surface area contributed by atoms with Gasteiger partial charge in [-0.05, 0) is 74.0 Å². The molecule has 1 N–H and O–H groups in total. The van der Waals surface area contributed by atoms with Crippen LogP contribution in [-0.2, 0) is 10.0 Å². The molecule has 0 unspecified atom stereocenters. The maximum absolute atomic E-state index is 14.5. The molecule has 0 saturated heterocycles. The predicted molar refractivity (Wildman–Crippen MR) is 120 cm³/mol. The summed E-state index contributed by atoms with van der Waals surface area (Å²) in [5, 5.41) is 2.68. The molecule has 0 atom stereocenters. The van der Waals surface area contributed by atoms with E-state index in [1.54, 1.807) is 49.4 Å². The number of nitrogens with one attached hydrogen (secondary N) is 1. The van der Waals surface area contributed by atoms with Gasteiger partial charge in [-0.25, -0.2) is 12.8 Å². The van der Waals surface area contributed by atoms with Gasteiger partial charge in [0, 0.05) is 22.3 Å². The Morgan fingerprint density at radius 1 is 1.07 bits per heavy atom. The second-order valence-corrected chi connectivity index (χ2v) is 9.36. The molecule has 0 aromatic heterocycles. The molecule has 0 saturated carbocycles. The summed E-state index contributed by atoms with van der Waals surface area (Å²) in [6, 6.07) is 17.2. The van der Waals surface area contributed by atoms with Gasteiger partial charge < -0.3 is 5.32 Å². The zero-order valence-corrected chi connectivity index (χ0v) is 18.8. The van der Waals surface area contributed by atoms with Gasteiger partial charge in [-0.15, -0.1) is 0 Å². The molecule has 3 aromatic rings. The first kappa shape index (κ1) is 22.0. The monoisotopic (exact) mass is 490 g/mol. The lowest BCUT2D eigenvalue weighted by molar-refractivity contribution is 0.102. The first-order valence-electron chi connectivity index (χ1n) is 9.18. The molecule has 156 valence electrons. The number of anilines is 2. The number of benzene rings is 3. The zero-order valence-electron chi connectivity index (χ0n) is 16.4. The fourth-order valence-electron chi connectivity index (χ4n) is 2.97. The molecule has 0 bridgehead atoms. The van der Waals surface area contributed by atoms with E-state index >= 15 is 0 Å². The summed E-state index contributed by atoms with van der Waals surface area (Å²) in [5.41, 5.74) is 1.89. The lowest BCUT2D eigenvalue weighted by Crippen LogP contribution is -2.31. The molecule has 0 heterocycles. The Morgan fingerprint density at radius 3 is 2.40 bits per heavy atom. The molecular weight excluding hydrogens is 471 g/mol. The van der Waals surface area contributed by atoms with Gasteiger partial charge in [-0.1, -0.05) is 28.1 Å². The van der Waals surface area contributed by atoms with Crippen molar-refractivity contribution in [2.24, 2.45) is 0 Å². The van der Waals surface area contributed by atoms with E-state index in [0.29, 0.717) is 11.4 Å². The van der Waals surface area contributed by atoms with Crippen molar-refractivity contribution < 1.29 is 17.6 Å². The highest BCUT2D eigenvalue weighted by Crippen LogP contribution is 2.27. The number of hydrogen-bond acceptors (Lipinski definition) is 3. The van der Waals surface area contributed by atoms with E-state index < -0.39 is 26.6 Å². The molecule has 0 aliphatic carbocycles. The van der Waals surface area contributed by atoms with Crippen molar-refractivity contribution in [1.82, 2.24) is 0 Å². The number of amides is 1. The first-order chi connectivity index (χ1) is 14.2. The summed E-state index contributed by atoms with van der Waals surface area (Å²) >= 11 is 3.31. The number of halogens is 2. The minimum Gasteiger partial charge on any atom is -0.322 e. The smallest absolute Gasteiger partial charge is 0.267 e. The number of aryl methyl sites for hydroxylation is 1. The molecule has 8 heteroatoms. The lowest BCUT2D eigenvalue weighted by atomic mass is 10.2. The third kappa shape index (κ3) is 4.71. The predicted octanol–water partition coefficient (Wildman–Crippen LogP) is 5.36. The molecule has 0 aliphatic rings. The van der Waals surface area contributed by atoms with Gasteiger partial charge in [0.15, 0.2) is 0 Å². The zero-order chi connectivity index (χ0) is 21.9. The number of carbonyl (C=O) groups excluding carboxylic acids is 1. The van der Waals surface area contributed by atoms with Crippen molar-refractivity contribution in [3.05, 3.63) is 88.1 Å². The summed E-state index contributed by atoms with van der Waals surface area (Å²) < 4.78 is 43.0. The van der Waals surface area contributed by atoms with Crippen LogP contribution in [0.4, 0.5) is 15.8 Å². The van der Waals surface area contributed by atoms with Gasteiger partial charge in [0.05, 0.1) is 5.69 Å². The van der Waals surface area contributed by atoms with Crippen molar-refractivity contribution in [2.45, 2.75) is 18.7 Å². The maximum atomic E-state index is 14.5. The largest absolute Gasteiger partial charge is 0.322 e. The summed E-state index contributed by atoms with van der Waals surface area (Å²) in [7, 11) is -4.21. The van der Waals surface area contributed by atoms with Crippen molar-refractivity contribution in [1.29, 1.82) is 0 Å². The van der Waals surface area contributed by atoms with Crippen molar-refractivity contribution in [3.63, 3.8) is 0 Å². The quantitative estimate of drug-likeness (QED) is 0.505. The van der Waals surface area contributed by atoms with Crippen LogP contribution in [0.3, 0.4) is 0 Å². The molecule has 30 heavy (non-hydrogen) atoms. The second-order valence-electron chi connectivity index (χ2n) is 6.62. The van der Waals surface area contributed by atoms with E-state index in [2.05, 4.69) is 21.2 Å². The number of hydrogen-bond donors (Lipinski definition) is 1. The molecule has 3 aromatic carbocycles. The summed E-state index contributed by atoms with van der Waals surface area (Å²) in [4.78, 5) is 12.0. The summed E-state index contributed by atoms with van der Waals surface area (Å²) in [6.45, 7) is 3.63. The minimum absolute atomic E-state index is 0.0400. The van der Waals surface area contributed by atoms with Gasteiger partial charge in [-0.3, -0.25) is 9.10 Å². The minimum atomic E-state index is -4.21. The van der Waals surface area contributed by atoms with Crippen LogP contribution in [0.2, 0.25) is 0 Å². The van der Waals surface area contributed by atoms with Crippen LogP contribution < -0.4 is 9.62 Å². The van der Waals surface area contributed by atoms with E-state index in [4.69, 9.17) is 0 Å². The fourth-order valence-corrected chi connectivity index (χ4v) is 4.80. The van der Waals surface area contributed by atoms with Crippen molar-refractivity contribution in [3.8, 4) is 0 Å². The highest BCUT2D eigenvalue weighted by molar-refractivity contribution is 9.10. The van der Waals surface area contributed by atoms with Gasteiger partial charge in [0.25, 0.3) is 15.9 Å². The normalized spacial score (nSPS) is 11.2. The standard InChI is InChI=1S/C22H20BrFN2O3S/c1-3-26(19-6-4-5-15(2)13-19)30(28,29)21-14-16(7-12-20(21)24)22(27)25-18-10-8-17(23)9-11-18/h4-14H,3H2,1-2H3,(H,25,27). The van der Waals surface area contributed by atoms with Crippen LogP contribution in [0.25, 0.3) is 0 Å². The van der Waals surface area contributed by atoms with E-state index in [-0.39, 0.29) is 12.1 Å². The Balaban J connectivity index is 1.96. The van der Waals surface area contributed by atoms with E-state index in [9.17, 15) is 17.6 Å². The third-order valence-electron chi connectivity index (χ3n) is 4.44. The van der Waals surface area contributed by atoms with Crippen LogP contribution in [0.1, 0.15) is 22.8 Å². The van der Waals surface area contributed by atoms with Crippen molar-refractivity contribution in [2.75, 3.05) is 16.2 Å². The maximum Gasteiger partial charge on any atom is 0.267 e. The van der Waals surface area contributed by atoms with Gasteiger partial charge in [-0.2, -0.15) is 0 Å². The first-order valence-corrected chi connectivity index (χ1v) is 11.4. The molecule has 3 rings (SSSR count). The van der Waals surface area contributed by atoms with E-state index in [1.165, 1.54) is 6.07 Å². The van der Waals surface area contributed by atoms with Gasteiger partial charge >= 0.3 is 0 Å². The molecule has 0 fully saturated rings. The molecule has 5 nitrogen and oxygen atoms in total. The third-order valence-corrected chi connectivity index (χ3v) is 6.89. The van der Waals surface area contributed by atoms with Gasteiger partial charge in [0.2, 0.25) is 0 Å². The number of rotatable bonds is 6. The molecule has 1 amide bonds. The topological polar surface area (TPSA) is 66.5 Å². The van der Waals surface area contributed by atoms with Crippen LogP contribution in [0.5, 0.6) is 0 Å². The number of carbonyl (C=O) groups is 1. The van der Waals surface area contributed by atoms with E-state index in [1.807, 2.05) is 13.0 Å². The van der Waals surface area contributed by atoms with E-state index in [0.717, 1.165) is 26.5 Å². The van der Waals surface area contributed by atoms with Crippen LogP contribution >= 0.6 is 15.9 Å². The van der Waals surface area contributed by atoms with Crippen LogP contribution in [0.15, 0.2) is 76.1 Å². The van der Waals surface area contributed by atoms with Crippen molar-refractivity contribution >= 4 is 43.2 Å². The summed E-state index contributed by atoms with van der Waals surface area (Å²) in [5.74, 6) is -1.45. The number of nitrogens with zero attached hydrogens (tertiary/aromatic N) is 1. The Bertz CT molecular complexity index is 1180. The average Bonchev–Trinajstić information content (AvgIpc) is 2.70. The second kappa shape index (κ2) is 8.97. The Hall–Kier alpha value is -2.71. The molecule has 0 radical (unpaired) electrons. The highest BCUT2D eigenvalue weighted by Gasteiger charge is 2.28. The van der Waals surface area contributed by atoms with Gasteiger partial charge in [0.1, 0.15) is 10.7 Å². The fraction of sp³-hybridized carbons (Fsp3) is 0.136. The highest BCUT2D eigenvalue weighted by atomic mass is 79.9.